The third-order valence-corrected chi connectivity index (χ3v) is 5.12. The molecule has 2 aromatic rings. The number of thiazole rings is 1. The van der Waals surface area contributed by atoms with Crippen LogP contribution in [0, 0.1) is 5.92 Å². The molecule has 1 atom stereocenters. The van der Waals surface area contributed by atoms with Crippen molar-refractivity contribution in [3.8, 4) is 0 Å². The van der Waals surface area contributed by atoms with Crippen LogP contribution in [0.25, 0.3) is 0 Å². The first-order valence-electron chi connectivity index (χ1n) is 8.04. The Morgan fingerprint density at radius 2 is 2.05 bits per heavy atom. The van der Waals surface area contributed by atoms with E-state index in [0.717, 1.165) is 31.6 Å². The summed E-state index contributed by atoms with van der Waals surface area (Å²) in [4.78, 5) is 6.91. The SMILES string of the molecule is CN(Cc1csc(CCc2ccccc2)n1)CC(O)C1CC1. The zero-order chi connectivity index (χ0) is 15.4. The highest BCUT2D eigenvalue weighted by Gasteiger charge is 2.30. The van der Waals surface area contributed by atoms with Crippen LogP contribution < -0.4 is 0 Å². The van der Waals surface area contributed by atoms with E-state index >= 15 is 0 Å². The first-order valence-corrected chi connectivity index (χ1v) is 8.92. The van der Waals surface area contributed by atoms with Crippen molar-refractivity contribution < 1.29 is 5.11 Å². The molecule has 1 unspecified atom stereocenters. The Bertz CT molecular complexity index is 580. The number of aliphatic hydroxyl groups excluding tert-OH is 1. The van der Waals surface area contributed by atoms with E-state index in [1.54, 1.807) is 11.3 Å². The normalized spacial score (nSPS) is 16.1. The third kappa shape index (κ3) is 4.63. The van der Waals surface area contributed by atoms with E-state index in [2.05, 4.69) is 47.7 Å². The van der Waals surface area contributed by atoms with Gasteiger partial charge in [-0.1, -0.05) is 30.3 Å². The minimum Gasteiger partial charge on any atom is -0.392 e. The number of hydrogen-bond donors (Lipinski definition) is 1. The molecule has 0 saturated heterocycles. The quantitative estimate of drug-likeness (QED) is 0.813. The maximum Gasteiger partial charge on any atom is 0.0932 e. The van der Waals surface area contributed by atoms with E-state index in [0.29, 0.717) is 5.92 Å². The zero-order valence-corrected chi connectivity index (χ0v) is 13.9. The summed E-state index contributed by atoms with van der Waals surface area (Å²) in [7, 11) is 2.06. The van der Waals surface area contributed by atoms with Gasteiger partial charge in [-0.15, -0.1) is 11.3 Å². The van der Waals surface area contributed by atoms with Crippen molar-refractivity contribution in [2.75, 3.05) is 13.6 Å². The number of hydrogen-bond acceptors (Lipinski definition) is 4. The van der Waals surface area contributed by atoms with Gasteiger partial charge >= 0.3 is 0 Å². The van der Waals surface area contributed by atoms with Crippen molar-refractivity contribution in [1.29, 1.82) is 0 Å². The minimum atomic E-state index is -0.166. The molecule has 1 fully saturated rings. The van der Waals surface area contributed by atoms with Crippen LogP contribution in [0.3, 0.4) is 0 Å². The molecule has 0 radical (unpaired) electrons. The van der Waals surface area contributed by atoms with Crippen molar-refractivity contribution in [2.45, 2.75) is 38.3 Å². The number of rotatable bonds is 8. The molecule has 3 nitrogen and oxygen atoms in total. The maximum atomic E-state index is 9.99. The fourth-order valence-electron chi connectivity index (χ4n) is 2.72. The molecule has 4 heteroatoms. The van der Waals surface area contributed by atoms with Crippen LogP contribution in [0.4, 0.5) is 0 Å². The van der Waals surface area contributed by atoms with Crippen molar-refractivity contribution in [1.82, 2.24) is 9.88 Å². The molecular weight excluding hydrogens is 292 g/mol. The predicted molar refractivity (Wildman–Crippen MR) is 91.0 cm³/mol. The molecule has 1 aromatic heterocycles. The summed E-state index contributed by atoms with van der Waals surface area (Å²) in [6, 6.07) is 10.6. The molecule has 1 aliphatic carbocycles. The van der Waals surface area contributed by atoms with Crippen molar-refractivity contribution >= 4 is 11.3 Å². The van der Waals surface area contributed by atoms with E-state index in [-0.39, 0.29) is 6.10 Å². The summed E-state index contributed by atoms with van der Waals surface area (Å²) >= 11 is 1.75. The van der Waals surface area contributed by atoms with Crippen LogP contribution in [0.15, 0.2) is 35.7 Å². The van der Waals surface area contributed by atoms with E-state index in [4.69, 9.17) is 4.98 Å². The summed E-state index contributed by atoms with van der Waals surface area (Å²) in [6.45, 7) is 1.58. The number of benzene rings is 1. The highest BCUT2D eigenvalue weighted by Crippen LogP contribution is 2.32. The maximum absolute atomic E-state index is 9.99. The predicted octanol–water partition coefficient (Wildman–Crippen LogP) is 3.13. The first-order chi connectivity index (χ1) is 10.7. The fraction of sp³-hybridized carbons (Fsp3) is 0.500. The molecule has 118 valence electrons. The second-order valence-electron chi connectivity index (χ2n) is 6.32. The summed E-state index contributed by atoms with van der Waals surface area (Å²) in [5.74, 6) is 0.541. The molecule has 0 amide bonds. The Morgan fingerprint density at radius 1 is 1.27 bits per heavy atom. The number of aliphatic hydroxyl groups is 1. The van der Waals surface area contributed by atoms with Gasteiger partial charge in [0.15, 0.2) is 0 Å². The van der Waals surface area contributed by atoms with Crippen LogP contribution in [-0.4, -0.2) is 34.7 Å². The van der Waals surface area contributed by atoms with Crippen LogP contribution in [-0.2, 0) is 19.4 Å². The number of aromatic nitrogens is 1. The zero-order valence-electron chi connectivity index (χ0n) is 13.1. The molecule has 1 N–H and O–H groups in total. The van der Waals surface area contributed by atoms with Crippen molar-refractivity contribution in [2.24, 2.45) is 5.92 Å². The lowest BCUT2D eigenvalue weighted by Crippen LogP contribution is -2.30. The standard InChI is InChI=1S/C18H24N2OS/c1-20(12-17(21)15-8-9-15)11-16-13-22-18(19-16)10-7-14-5-3-2-4-6-14/h2-6,13,15,17,21H,7-12H2,1H3. The Kier molecular flexibility index (Phi) is 5.24. The van der Waals surface area contributed by atoms with Gasteiger partial charge in [-0.2, -0.15) is 0 Å². The van der Waals surface area contributed by atoms with Gasteiger partial charge in [0, 0.05) is 24.9 Å². The summed E-state index contributed by atoms with van der Waals surface area (Å²) in [6.07, 6.45) is 4.26. The Balaban J connectivity index is 1.46. The highest BCUT2D eigenvalue weighted by molar-refractivity contribution is 7.09. The lowest BCUT2D eigenvalue weighted by molar-refractivity contribution is 0.104. The van der Waals surface area contributed by atoms with Crippen molar-refractivity contribution in [3.05, 3.63) is 52.0 Å². The average molecular weight is 316 g/mol. The van der Waals surface area contributed by atoms with Gasteiger partial charge in [-0.05, 0) is 37.8 Å². The Morgan fingerprint density at radius 3 is 2.77 bits per heavy atom. The van der Waals surface area contributed by atoms with Crippen LogP contribution in [0.1, 0.15) is 29.1 Å². The fourth-order valence-corrected chi connectivity index (χ4v) is 3.51. The van der Waals surface area contributed by atoms with Gasteiger partial charge < -0.3 is 5.11 Å². The first kappa shape index (κ1) is 15.7. The largest absolute Gasteiger partial charge is 0.392 e. The third-order valence-electron chi connectivity index (χ3n) is 4.17. The molecule has 0 bridgehead atoms. The second kappa shape index (κ2) is 7.36. The summed E-state index contributed by atoms with van der Waals surface area (Å²) in [5.41, 5.74) is 2.49. The van der Waals surface area contributed by atoms with Crippen molar-refractivity contribution in [3.63, 3.8) is 0 Å². The van der Waals surface area contributed by atoms with Crippen LogP contribution in [0.2, 0.25) is 0 Å². The summed E-state index contributed by atoms with van der Waals surface area (Å²) < 4.78 is 0. The lowest BCUT2D eigenvalue weighted by Gasteiger charge is -2.19. The molecule has 22 heavy (non-hydrogen) atoms. The average Bonchev–Trinajstić information content (AvgIpc) is 3.28. The van der Waals surface area contributed by atoms with Gasteiger partial charge in [0.2, 0.25) is 0 Å². The van der Waals surface area contributed by atoms with E-state index in [1.807, 2.05) is 0 Å². The lowest BCUT2D eigenvalue weighted by atomic mass is 10.1. The number of nitrogens with zero attached hydrogens (tertiary/aromatic N) is 2. The van der Waals surface area contributed by atoms with Crippen LogP contribution in [0.5, 0.6) is 0 Å². The minimum absolute atomic E-state index is 0.166. The van der Waals surface area contributed by atoms with Gasteiger partial charge in [0.05, 0.1) is 16.8 Å². The van der Waals surface area contributed by atoms with Crippen LogP contribution >= 0.6 is 11.3 Å². The molecule has 1 heterocycles. The molecule has 0 aliphatic heterocycles. The molecule has 0 spiro atoms. The number of aryl methyl sites for hydroxylation is 2. The topological polar surface area (TPSA) is 36.4 Å². The Hall–Kier alpha value is -1.23. The van der Waals surface area contributed by atoms with E-state index < -0.39 is 0 Å². The second-order valence-corrected chi connectivity index (χ2v) is 7.26. The smallest absolute Gasteiger partial charge is 0.0932 e. The Labute approximate surface area is 136 Å². The van der Waals surface area contributed by atoms with Gasteiger partial charge in [0.1, 0.15) is 0 Å². The number of likely N-dealkylation sites (N-methyl/N-ethyl adjacent to an activating group) is 1. The molecular formula is C18H24N2OS. The molecule has 1 aliphatic rings. The van der Waals surface area contributed by atoms with Gasteiger partial charge in [-0.25, -0.2) is 4.98 Å². The molecule has 1 saturated carbocycles. The van der Waals surface area contributed by atoms with E-state index in [9.17, 15) is 5.11 Å². The molecule has 3 rings (SSSR count). The molecule has 1 aromatic carbocycles. The monoisotopic (exact) mass is 316 g/mol. The summed E-state index contributed by atoms with van der Waals surface area (Å²) in [5, 5.41) is 13.4. The van der Waals surface area contributed by atoms with Gasteiger partial charge in [-0.3, -0.25) is 4.90 Å². The van der Waals surface area contributed by atoms with E-state index in [1.165, 1.54) is 23.4 Å². The van der Waals surface area contributed by atoms with Gasteiger partial charge in [0.25, 0.3) is 0 Å². The highest BCUT2D eigenvalue weighted by atomic mass is 32.1.